The Morgan fingerprint density at radius 3 is 2.54 bits per heavy atom. The quantitative estimate of drug-likeness (QED) is 0.649. The first-order chi connectivity index (χ1) is 6.06. The van der Waals surface area contributed by atoms with E-state index < -0.39 is 5.41 Å². The highest BCUT2D eigenvalue weighted by Gasteiger charge is 2.28. The lowest BCUT2D eigenvalue weighted by Gasteiger charge is -2.18. The van der Waals surface area contributed by atoms with Gasteiger partial charge in [0.25, 0.3) is 0 Å². The number of hydrogen-bond donors (Lipinski definition) is 1. The van der Waals surface area contributed by atoms with Crippen molar-refractivity contribution in [3.8, 4) is 6.07 Å². The van der Waals surface area contributed by atoms with Crippen LogP contribution in [0.15, 0.2) is 12.2 Å². The monoisotopic (exact) mass is 178 g/mol. The van der Waals surface area contributed by atoms with Crippen LogP contribution in [0.3, 0.4) is 0 Å². The third kappa shape index (κ3) is 2.32. The number of nitrogens with zero attached hydrogens (tertiary/aromatic N) is 1. The zero-order valence-electron chi connectivity index (χ0n) is 8.00. The van der Waals surface area contributed by atoms with Crippen molar-refractivity contribution < 1.29 is 4.79 Å². The molecule has 3 heteroatoms. The molecule has 0 radical (unpaired) electrons. The summed E-state index contributed by atoms with van der Waals surface area (Å²) in [6, 6.07) is 2.18. The van der Waals surface area contributed by atoms with Crippen LogP contribution in [-0.2, 0) is 4.79 Å². The van der Waals surface area contributed by atoms with Crippen LogP contribution in [-0.4, -0.2) is 11.9 Å². The zero-order chi connectivity index (χ0) is 9.90. The molecule has 1 amide bonds. The van der Waals surface area contributed by atoms with E-state index in [1.807, 2.05) is 18.2 Å². The average molecular weight is 178 g/mol. The predicted octanol–water partition coefficient (Wildman–Crippen LogP) is 1.37. The van der Waals surface area contributed by atoms with Gasteiger partial charge < -0.3 is 5.32 Å². The van der Waals surface area contributed by atoms with Gasteiger partial charge in [0.2, 0.25) is 5.91 Å². The summed E-state index contributed by atoms with van der Waals surface area (Å²) in [6.45, 7) is 3.26. The SMILES string of the molecule is CC(C)(C#N)C(=O)NC1CC=CC1. The Kier molecular flexibility index (Phi) is 2.72. The summed E-state index contributed by atoms with van der Waals surface area (Å²) in [7, 11) is 0. The largest absolute Gasteiger partial charge is 0.351 e. The van der Waals surface area contributed by atoms with Gasteiger partial charge in [-0.1, -0.05) is 12.2 Å². The molecule has 13 heavy (non-hydrogen) atoms. The fraction of sp³-hybridized carbons (Fsp3) is 0.600. The van der Waals surface area contributed by atoms with Crippen molar-refractivity contribution in [1.82, 2.24) is 5.32 Å². The van der Waals surface area contributed by atoms with Crippen molar-refractivity contribution in [2.75, 3.05) is 0 Å². The number of carbonyl (C=O) groups excluding carboxylic acids is 1. The number of nitriles is 1. The van der Waals surface area contributed by atoms with Crippen LogP contribution in [0.2, 0.25) is 0 Å². The van der Waals surface area contributed by atoms with E-state index in [0.717, 1.165) is 12.8 Å². The van der Waals surface area contributed by atoms with Gasteiger partial charge in [-0.05, 0) is 26.7 Å². The summed E-state index contributed by atoms with van der Waals surface area (Å²) in [5.41, 5.74) is -0.914. The van der Waals surface area contributed by atoms with Crippen molar-refractivity contribution in [2.24, 2.45) is 5.41 Å². The number of hydrogen-bond acceptors (Lipinski definition) is 2. The van der Waals surface area contributed by atoms with Crippen LogP contribution in [0, 0.1) is 16.7 Å². The summed E-state index contributed by atoms with van der Waals surface area (Å²) in [5, 5.41) is 11.6. The average Bonchev–Trinajstić information content (AvgIpc) is 2.57. The third-order valence-corrected chi connectivity index (χ3v) is 2.19. The Morgan fingerprint density at radius 2 is 2.08 bits per heavy atom. The first-order valence-electron chi connectivity index (χ1n) is 4.43. The molecule has 0 saturated carbocycles. The second-order valence-corrected chi connectivity index (χ2v) is 3.85. The number of carbonyl (C=O) groups is 1. The van der Waals surface area contributed by atoms with Gasteiger partial charge in [0.1, 0.15) is 5.41 Å². The van der Waals surface area contributed by atoms with Crippen molar-refractivity contribution in [3.05, 3.63) is 12.2 Å². The molecular formula is C10H14N2O. The summed E-state index contributed by atoms with van der Waals surface area (Å²) >= 11 is 0. The van der Waals surface area contributed by atoms with Gasteiger partial charge in [-0.2, -0.15) is 5.26 Å². The molecule has 0 saturated heterocycles. The van der Waals surface area contributed by atoms with E-state index in [9.17, 15) is 4.79 Å². The van der Waals surface area contributed by atoms with Crippen LogP contribution in [0.4, 0.5) is 0 Å². The smallest absolute Gasteiger partial charge is 0.240 e. The molecular weight excluding hydrogens is 164 g/mol. The molecule has 70 valence electrons. The second kappa shape index (κ2) is 3.61. The van der Waals surface area contributed by atoms with Crippen LogP contribution in [0.5, 0.6) is 0 Å². The van der Waals surface area contributed by atoms with Crippen LogP contribution >= 0.6 is 0 Å². The molecule has 0 heterocycles. The Bertz CT molecular complexity index is 265. The number of amides is 1. The summed E-state index contributed by atoms with van der Waals surface area (Å²) in [6.07, 6.45) is 5.86. The van der Waals surface area contributed by atoms with E-state index >= 15 is 0 Å². The normalized spacial score (nSPS) is 17.0. The minimum absolute atomic E-state index is 0.177. The lowest BCUT2D eigenvalue weighted by molar-refractivity contribution is -0.127. The maximum atomic E-state index is 11.5. The standard InChI is InChI=1S/C10H14N2O/c1-10(2,7-11)9(13)12-8-5-3-4-6-8/h3-4,8H,5-6H2,1-2H3,(H,12,13). The van der Waals surface area contributed by atoms with Crippen molar-refractivity contribution >= 4 is 5.91 Å². The molecule has 1 rings (SSSR count). The molecule has 1 aliphatic rings. The van der Waals surface area contributed by atoms with E-state index in [1.54, 1.807) is 13.8 Å². The highest BCUT2D eigenvalue weighted by Crippen LogP contribution is 2.16. The molecule has 0 aromatic rings. The molecule has 0 aliphatic heterocycles. The summed E-state index contributed by atoms with van der Waals surface area (Å²) in [4.78, 5) is 11.5. The topological polar surface area (TPSA) is 52.9 Å². The minimum Gasteiger partial charge on any atom is -0.351 e. The highest BCUT2D eigenvalue weighted by molar-refractivity contribution is 5.84. The predicted molar refractivity (Wildman–Crippen MR) is 49.7 cm³/mol. The Hall–Kier alpha value is -1.30. The van der Waals surface area contributed by atoms with E-state index in [0.29, 0.717) is 0 Å². The molecule has 0 aromatic heterocycles. The van der Waals surface area contributed by atoms with Gasteiger partial charge in [0.05, 0.1) is 6.07 Å². The highest BCUT2D eigenvalue weighted by atomic mass is 16.2. The Morgan fingerprint density at radius 1 is 1.54 bits per heavy atom. The Balaban J connectivity index is 2.46. The lowest BCUT2D eigenvalue weighted by atomic mass is 9.94. The van der Waals surface area contributed by atoms with Gasteiger partial charge in [-0.25, -0.2) is 0 Å². The summed E-state index contributed by atoms with van der Waals surface area (Å²) in [5.74, 6) is -0.177. The first kappa shape index (κ1) is 9.79. The van der Waals surface area contributed by atoms with Gasteiger partial charge in [0, 0.05) is 6.04 Å². The van der Waals surface area contributed by atoms with Crippen molar-refractivity contribution in [1.29, 1.82) is 5.26 Å². The molecule has 0 fully saturated rings. The number of rotatable bonds is 2. The zero-order valence-corrected chi connectivity index (χ0v) is 8.00. The van der Waals surface area contributed by atoms with Gasteiger partial charge in [-0.15, -0.1) is 0 Å². The van der Waals surface area contributed by atoms with E-state index in [4.69, 9.17) is 5.26 Å². The minimum atomic E-state index is -0.914. The maximum Gasteiger partial charge on any atom is 0.240 e. The molecule has 0 bridgehead atoms. The van der Waals surface area contributed by atoms with Crippen LogP contribution in [0.1, 0.15) is 26.7 Å². The van der Waals surface area contributed by atoms with E-state index in [-0.39, 0.29) is 11.9 Å². The molecule has 0 spiro atoms. The molecule has 1 N–H and O–H groups in total. The van der Waals surface area contributed by atoms with E-state index in [2.05, 4.69) is 5.32 Å². The van der Waals surface area contributed by atoms with Gasteiger partial charge in [0.15, 0.2) is 0 Å². The molecule has 0 atom stereocenters. The van der Waals surface area contributed by atoms with Crippen LogP contribution < -0.4 is 5.32 Å². The molecule has 1 aliphatic carbocycles. The first-order valence-corrected chi connectivity index (χ1v) is 4.43. The van der Waals surface area contributed by atoms with E-state index in [1.165, 1.54) is 0 Å². The fourth-order valence-electron chi connectivity index (χ4n) is 1.15. The molecule has 0 aromatic carbocycles. The van der Waals surface area contributed by atoms with Crippen molar-refractivity contribution in [3.63, 3.8) is 0 Å². The van der Waals surface area contributed by atoms with Crippen LogP contribution in [0.25, 0.3) is 0 Å². The Labute approximate surface area is 78.4 Å². The fourth-order valence-corrected chi connectivity index (χ4v) is 1.15. The second-order valence-electron chi connectivity index (χ2n) is 3.85. The third-order valence-electron chi connectivity index (χ3n) is 2.19. The number of nitrogens with one attached hydrogen (secondary N) is 1. The van der Waals surface area contributed by atoms with Gasteiger partial charge in [-0.3, -0.25) is 4.79 Å². The molecule has 0 unspecified atom stereocenters. The van der Waals surface area contributed by atoms with Crippen molar-refractivity contribution in [2.45, 2.75) is 32.7 Å². The lowest BCUT2D eigenvalue weighted by Crippen LogP contribution is -2.41. The summed E-state index contributed by atoms with van der Waals surface area (Å²) < 4.78 is 0. The maximum absolute atomic E-state index is 11.5. The molecule has 3 nitrogen and oxygen atoms in total. The van der Waals surface area contributed by atoms with Gasteiger partial charge >= 0.3 is 0 Å².